The number of carbonyl (C=O) groups is 1. The number of sulfone groups is 1. The number of halogens is 1. The second-order valence-corrected chi connectivity index (χ2v) is 14.0. The maximum atomic E-state index is 15.3. The minimum Gasteiger partial charge on any atom is -0.491 e. The fraction of sp³-hybridized carbons (Fsp3) is 0.474. The van der Waals surface area contributed by atoms with E-state index in [1.807, 2.05) is 6.92 Å². The largest absolute Gasteiger partial charge is 0.491 e. The molecule has 4 aromatic rings. The minimum absolute atomic E-state index is 0.0210. The number of hydrogen-bond acceptors (Lipinski definition) is 12. The number of nitrogens with one attached hydrogen (secondary N) is 2. The number of hydrogen-bond donors (Lipinski definition) is 2. The van der Waals surface area contributed by atoms with Crippen LogP contribution in [0.5, 0.6) is 17.2 Å². The molecule has 2 N–H and O–H groups in total. The number of aryl methyl sites for hydroxylation is 1. The quantitative estimate of drug-likeness (QED) is 0.0873. The van der Waals surface area contributed by atoms with E-state index in [1.54, 1.807) is 6.92 Å². The number of carbonyl (C=O) groups excluding carboxylic acids is 1. The molecule has 302 valence electrons. The van der Waals surface area contributed by atoms with Crippen molar-refractivity contribution in [1.82, 2.24) is 14.9 Å². The van der Waals surface area contributed by atoms with E-state index in [0.29, 0.717) is 90.2 Å². The third-order valence-electron chi connectivity index (χ3n) is 7.90. The molecule has 0 aliphatic heterocycles. The summed E-state index contributed by atoms with van der Waals surface area (Å²) in [6.07, 6.45) is 2.57. The van der Waals surface area contributed by atoms with Crippen LogP contribution in [0.1, 0.15) is 24.3 Å². The highest BCUT2D eigenvalue weighted by atomic mass is 32.2. The summed E-state index contributed by atoms with van der Waals surface area (Å²) in [5.74, 6) is -0.935. The molecule has 0 unspecified atom stereocenters. The van der Waals surface area contributed by atoms with Crippen LogP contribution in [0, 0.1) is 5.82 Å². The number of aromatic amines is 1. The molecule has 0 saturated heterocycles. The van der Waals surface area contributed by atoms with Crippen molar-refractivity contribution in [2.24, 2.45) is 7.05 Å². The van der Waals surface area contributed by atoms with E-state index >= 15 is 4.39 Å². The van der Waals surface area contributed by atoms with Gasteiger partial charge < -0.3 is 52.8 Å². The summed E-state index contributed by atoms with van der Waals surface area (Å²) in [5.41, 5.74) is 0.527. The van der Waals surface area contributed by atoms with Gasteiger partial charge in [0.25, 0.3) is 11.5 Å². The predicted molar refractivity (Wildman–Crippen MR) is 203 cm³/mol. The van der Waals surface area contributed by atoms with E-state index in [4.69, 9.17) is 37.9 Å². The Morgan fingerprint density at radius 2 is 1.33 bits per heavy atom. The summed E-state index contributed by atoms with van der Waals surface area (Å²) in [5, 5.41) is 3.04. The number of H-pyrrole nitrogens is 1. The smallest absolute Gasteiger partial charge is 0.274 e. The van der Waals surface area contributed by atoms with Gasteiger partial charge in [-0.2, -0.15) is 0 Å². The zero-order valence-electron chi connectivity index (χ0n) is 31.7. The Morgan fingerprint density at radius 1 is 0.764 bits per heavy atom. The maximum Gasteiger partial charge on any atom is 0.274 e. The average Bonchev–Trinajstić information content (AvgIpc) is 3.61. The lowest BCUT2D eigenvalue weighted by molar-refractivity contribution is -0.0173. The first-order valence-electron chi connectivity index (χ1n) is 17.9. The number of ether oxygens (including phenoxy) is 8. The molecule has 2 heterocycles. The van der Waals surface area contributed by atoms with Gasteiger partial charge in [-0.1, -0.05) is 0 Å². The Balaban J connectivity index is 1.26. The summed E-state index contributed by atoms with van der Waals surface area (Å²) in [6.45, 7) is 9.79. The van der Waals surface area contributed by atoms with E-state index in [1.165, 1.54) is 60.3 Å². The monoisotopic (exact) mass is 791 g/mol. The Kier molecular flexibility index (Phi) is 17.6. The number of benzene rings is 2. The summed E-state index contributed by atoms with van der Waals surface area (Å²) < 4.78 is 85.8. The predicted octanol–water partition coefficient (Wildman–Crippen LogP) is 4.12. The van der Waals surface area contributed by atoms with Crippen molar-refractivity contribution in [2.75, 3.05) is 98.7 Å². The van der Waals surface area contributed by atoms with E-state index in [2.05, 4.69) is 10.3 Å². The second-order valence-electron chi connectivity index (χ2n) is 12.0. The third-order valence-corrected chi connectivity index (χ3v) is 9.01. The van der Waals surface area contributed by atoms with E-state index in [0.717, 1.165) is 6.26 Å². The van der Waals surface area contributed by atoms with Crippen LogP contribution in [0.2, 0.25) is 0 Å². The molecule has 4 rings (SSSR count). The molecule has 0 bridgehead atoms. The van der Waals surface area contributed by atoms with Crippen molar-refractivity contribution in [3.8, 4) is 28.4 Å². The number of fused-ring (bicyclic) bond motifs is 1. The van der Waals surface area contributed by atoms with Crippen LogP contribution < -0.4 is 20.3 Å². The van der Waals surface area contributed by atoms with Crippen molar-refractivity contribution in [3.05, 3.63) is 70.5 Å². The molecular formula is C38H50FN3O12S. The Labute approximate surface area is 319 Å². The van der Waals surface area contributed by atoms with Gasteiger partial charge in [0.1, 0.15) is 29.3 Å². The molecular weight excluding hydrogens is 741 g/mol. The molecule has 1 amide bonds. The van der Waals surface area contributed by atoms with Crippen molar-refractivity contribution < 1.29 is 55.5 Å². The zero-order chi connectivity index (χ0) is 39.6. The molecule has 0 saturated carbocycles. The topological polar surface area (TPSA) is 175 Å². The average molecular weight is 792 g/mol. The van der Waals surface area contributed by atoms with Crippen LogP contribution >= 0.6 is 0 Å². The van der Waals surface area contributed by atoms with Crippen LogP contribution in [-0.2, 0) is 45.3 Å². The number of amides is 1. The van der Waals surface area contributed by atoms with Crippen molar-refractivity contribution >= 4 is 26.6 Å². The van der Waals surface area contributed by atoms with Gasteiger partial charge in [-0.3, -0.25) is 9.59 Å². The first-order chi connectivity index (χ1) is 26.5. The molecule has 0 fully saturated rings. The summed E-state index contributed by atoms with van der Waals surface area (Å²) in [7, 11) is -2.14. The number of rotatable bonds is 26. The highest BCUT2D eigenvalue weighted by molar-refractivity contribution is 7.90. The first-order valence-corrected chi connectivity index (χ1v) is 19.8. The first kappa shape index (κ1) is 43.4. The molecule has 17 heteroatoms. The molecule has 0 radical (unpaired) electrons. The van der Waals surface area contributed by atoms with Crippen molar-refractivity contribution in [3.63, 3.8) is 0 Å². The maximum absolute atomic E-state index is 15.3. The summed E-state index contributed by atoms with van der Waals surface area (Å²) in [6, 6.07) is 9.75. The highest BCUT2D eigenvalue weighted by Crippen LogP contribution is 2.39. The van der Waals surface area contributed by atoms with Gasteiger partial charge in [0.05, 0.1) is 77.6 Å². The second kappa shape index (κ2) is 22.3. The molecule has 0 aliphatic carbocycles. The normalized spacial score (nSPS) is 11.7. The zero-order valence-corrected chi connectivity index (χ0v) is 32.5. The lowest BCUT2D eigenvalue weighted by Gasteiger charge is -2.15. The van der Waals surface area contributed by atoms with Gasteiger partial charge in [0, 0.05) is 55.2 Å². The lowest BCUT2D eigenvalue weighted by atomic mass is 10.0. The van der Waals surface area contributed by atoms with Gasteiger partial charge in [-0.05, 0) is 50.2 Å². The van der Waals surface area contributed by atoms with Crippen LogP contribution in [0.4, 0.5) is 4.39 Å². The SMILES string of the molecule is CCNC(=O)c1cc2c(-c3cc(S(C)(=O)=O)ccc3Oc3ccc(OCCOCCOCCOCCOCCOCCOCC)cc3F)cn(C)c(=O)c2[nH]1. The number of pyridine rings is 1. The highest BCUT2D eigenvalue weighted by Gasteiger charge is 2.21. The van der Waals surface area contributed by atoms with Crippen LogP contribution in [-0.4, -0.2) is 123 Å². The van der Waals surface area contributed by atoms with Gasteiger partial charge >= 0.3 is 0 Å². The van der Waals surface area contributed by atoms with E-state index < -0.39 is 27.1 Å². The van der Waals surface area contributed by atoms with Gasteiger partial charge in [0.15, 0.2) is 21.4 Å². The summed E-state index contributed by atoms with van der Waals surface area (Å²) in [4.78, 5) is 28.5. The molecule has 0 aliphatic rings. The van der Waals surface area contributed by atoms with Gasteiger partial charge in [-0.15, -0.1) is 0 Å². The van der Waals surface area contributed by atoms with Gasteiger partial charge in [0.2, 0.25) is 0 Å². The Hall–Kier alpha value is -4.36. The molecule has 0 spiro atoms. The fourth-order valence-corrected chi connectivity index (χ4v) is 5.85. The number of nitrogens with zero attached hydrogens (tertiary/aromatic N) is 1. The Morgan fingerprint density at radius 3 is 1.87 bits per heavy atom. The fourth-order valence-electron chi connectivity index (χ4n) is 5.20. The van der Waals surface area contributed by atoms with Crippen LogP contribution in [0.25, 0.3) is 22.0 Å². The summed E-state index contributed by atoms with van der Waals surface area (Å²) >= 11 is 0. The molecule has 15 nitrogen and oxygen atoms in total. The lowest BCUT2D eigenvalue weighted by Crippen LogP contribution is -2.23. The van der Waals surface area contributed by atoms with Crippen molar-refractivity contribution in [2.45, 2.75) is 18.7 Å². The van der Waals surface area contributed by atoms with Gasteiger partial charge in [-0.25, -0.2) is 12.8 Å². The van der Waals surface area contributed by atoms with Crippen LogP contribution in [0.15, 0.2) is 58.4 Å². The molecule has 2 aromatic heterocycles. The third kappa shape index (κ3) is 13.4. The standard InChI is InChI=1S/C38H50FN3O12S/c1-5-40-37(43)33-25-30-31(26-42(3)38(44)36(30)41-33)29-24-28(55(4,45)46)8-10-34(29)54-35-9-7-27(23-32(35)39)53-22-21-52-20-19-51-18-17-50-16-15-49-14-13-48-12-11-47-6-2/h7-10,23-26,41H,5-6,11-22H2,1-4H3,(H,40,43). The van der Waals surface area contributed by atoms with E-state index in [-0.39, 0.29) is 52.1 Å². The van der Waals surface area contributed by atoms with Crippen LogP contribution in [0.3, 0.4) is 0 Å². The Bertz CT molecular complexity index is 2000. The minimum atomic E-state index is -3.67. The number of aromatic nitrogens is 2. The molecule has 55 heavy (non-hydrogen) atoms. The molecule has 0 atom stereocenters. The molecule has 2 aromatic carbocycles. The van der Waals surface area contributed by atoms with E-state index in [9.17, 15) is 18.0 Å². The van der Waals surface area contributed by atoms with Crippen molar-refractivity contribution in [1.29, 1.82) is 0 Å².